The van der Waals surface area contributed by atoms with E-state index < -0.39 is 5.41 Å². The van der Waals surface area contributed by atoms with Gasteiger partial charge in [-0.05, 0) is 98.3 Å². The number of allylic oxidation sites excluding steroid dienone is 1. The summed E-state index contributed by atoms with van der Waals surface area (Å²) in [5, 5.41) is 0. The van der Waals surface area contributed by atoms with Crippen LogP contribution in [0.5, 0.6) is 11.5 Å². The summed E-state index contributed by atoms with van der Waals surface area (Å²) in [6.07, 6.45) is 4.23. The van der Waals surface area contributed by atoms with Crippen molar-refractivity contribution in [1.82, 2.24) is 4.98 Å². The Morgan fingerprint density at radius 3 is 1.78 bits per heavy atom. The lowest BCUT2D eigenvalue weighted by molar-refractivity contribution is 0.477. The van der Waals surface area contributed by atoms with Crippen LogP contribution in [0.1, 0.15) is 95.8 Å². The van der Waals surface area contributed by atoms with Crippen molar-refractivity contribution in [1.29, 1.82) is 0 Å². The average molecular weight is 724 g/mol. The summed E-state index contributed by atoms with van der Waals surface area (Å²) in [5.41, 5.74) is 12.6. The largest absolute Gasteiger partial charge is 0.457 e. The third-order valence-corrected chi connectivity index (χ3v) is 11.3. The number of hydrogen-bond acceptors (Lipinski definition) is 4. The summed E-state index contributed by atoms with van der Waals surface area (Å²) in [5.74, 6) is 1.61. The molecule has 2 heterocycles. The van der Waals surface area contributed by atoms with E-state index in [0.717, 1.165) is 35.1 Å². The maximum Gasteiger partial charge on any atom is 0.129 e. The number of benzene rings is 5. The highest BCUT2D eigenvalue weighted by Crippen LogP contribution is 2.56. The molecule has 4 nitrogen and oxygen atoms in total. The molecule has 0 fully saturated rings. The highest BCUT2D eigenvalue weighted by molar-refractivity contribution is 5.85. The molecule has 1 aliphatic heterocycles. The Labute approximate surface area is 328 Å². The first-order valence-electron chi connectivity index (χ1n) is 19.6. The maximum absolute atomic E-state index is 6.94. The maximum atomic E-state index is 6.94. The zero-order valence-corrected chi connectivity index (χ0v) is 33.8. The number of fused-ring (bicyclic) bond motifs is 3. The zero-order valence-electron chi connectivity index (χ0n) is 33.8. The molecule has 278 valence electrons. The molecule has 6 aromatic rings. The standard InChI is InChI=1S/C51H53N3O/c1-48(2,3)35-24-26-38(27-25-35)54-34-53(33-47(54)50(7,8)9)39-29-37(49(4,5)6)31-41(32-39)55-40-18-16-17-36(30-40)51(46-23-14-15-28-52-46)44-21-12-10-19-42(44)43-20-11-13-22-45(43)51/h10-33H,34H2,1-9H3. The molecule has 1 aromatic heterocycles. The zero-order chi connectivity index (χ0) is 38.8. The minimum Gasteiger partial charge on any atom is -0.457 e. The summed E-state index contributed by atoms with van der Waals surface area (Å²) in [4.78, 5) is 9.85. The van der Waals surface area contributed by atoms with Crippen LogP contribution in [0.4, 0.5) is 11.4 Å². The number of anilines is 2. The minimum absolute atomic E-state index is 0.0557. The predicted octanol–water partition coefficient (Wildman–Crippen LogP) is 13.0. The highest BCUT2D eigenvalue weighted by atomic mass is 16.5. The van der Waals surface area contributed by atoms with E-state index in [1.807, 2.05) is 12.3 Å². The SMILES string of the molecule is CC(C)(C)C1=CN(c2cc(Oc3cccc(C4(c5ccccn5)c5ccccc5-c5ccccc54)c3)cc(C(C)(C)C)c2)CN1c1ccc(C(C)(C)C)cc1. The number of pyridine rings is 1. The van der Waals surface area contributed by atoms with Crippen LogP contribution in [0.3, 0.4) is 0 Å². The van der Waals surface area contributed by atoms with Gasteiger partial charge in [0.1, 0.15) is 11.5 Å². The van der Waals surface area contributed by atoms with Gasteiger partial charge in [-0.3, -0.25) is 4.98 Å². The first kappa shape index (κ1) is 36.4. The lowest BCUT2D eigenvalue weighted by Crippen LogP contribution is -2.30. The lowest BCUT2D eigenvalue weighted by Gasteiger charge is -2.32. The van der Waals surface area contributed by atoms with E-state index in [1.54, 1.807) is 0 Å². The second-order valence-electron chi connectivity index (χ2n) is 18.3. The van der Waals surface area contributed by atoms with Crippen LogP contribution >= 0.6 is 0 Å². The first-order valence-corrected chi connectivity index (χ1v) is 19.6. The van der Waals surface area contributed by atoms with Crippen molar-refractivity contribution in [2.24, 2.45) is 5.41 Å². The molecular weight excluding hydrogens is 671 g/mol. The van der Waals surface area contributed by atoms with Crippen molar-refractivity contribution in [3.05, 3.63) is 185 Å². The van der Waals surface area contributed by atoms with Crippen LogP contribution < -0.4 is 14.5 Å². The van der Waals surface area contributed by atoms with Crippen molar-refractivity contribution >= 4 is 11.4 Å². The molecule has 0 atom stereocenters. The molecule has 0 spiro atoms. The van der Waals surface area contributed by atoms with Gasteiger partial charge in [0.25, 0.3) is 0 Å². The van der Waals surface area contributed by atoms with Crippen LogP contribution in [0.2, 0.25) is 0 Å². The number of rotatable bonds is 6. The van der Waals surface area contributed by atoms with Crippen molar-refractivity contribution in [2.45, 2.75) is 78.6 Å². The monoisotopic (exact) mass is 723 g/mol. The van der Waals surface area contributed by atoms with Crippen molar-refractivity contribution < 1.29 is 4.74 Å². The van der Waals surface area contributed by atoms with E-state index in [1.165, 1.54) is 44.8 Å². The molecule has 0 radical (unpaired) electrons. The molecule has 0 saturated heterocycles. The third kappa shape index (κ3) is 6.52. The predicted molar refractivity (Wildman–Crippen MR) is 229 cm³/mol. The molecule has 55 heavy (non-hydrogen) atoms. The molecule has 0 N–H and O–H groups in total. The summed E-state index contributed by atoms with van der Waals surface area (Å²) in [6, 6.07) is 48.2. The number of nitrogens with zero attached hydrogens (tertiary/aromatic N) is 3. The van der Waals surface area contributed by atoms with E-state index in [0.29, 0.717) is 0 Å². The Balaban J connectivity index is 1.20. The normalized spacial score (nSPS) is 15.1. The summed E-state index contributed by atoms with van der Waals surface area (Å²) in [6.45, 7) is 21.2. The van der Waals surface area contributed by atoms with Gasteiger partial charge in [-0.15, -0.1) is 0 Å². The van der Waals surface area contributed by atoms with E-state index in [4.69, 9.17) is 9.72 Å². The Morgan fingerprint density at radius 2 is 1.18 bits per heavy atom. The van der Waals surface area contributed by atoms with Crippen molar-refractivity contribution in [2.75, 3.05) is 16.5 Å². The Hall–Kier alpha value is -5.61. The number of aromatic nitrogens is 1. The molecule has 0 unspecified atom stereocenters. The summed E-state index contributed by atoms with van der Waals surface area (Å²) in [7, 11) is 0. The second-order valence-corrected chi connectivity index (χ2v) is 18.3. The molecule has 0 saturated carbocycles. The fourth-order valence-electron chi connectivity index (χ4n) is 8.33. The third-order valence-electron chi connectivity index (χ3n) is 11.3. The van der Waals surface area contributed by atoms with E-state index in [9.17, 15) is 0 Å². The van der Waals surface area contributed by atoms with Gasteiger partial charge in [0.05, 0.1) is 17.8 Å². The topological polar surface area (TPSA) is 28.6 Å². The lowest BCUT2D eigenvalue weighted by atomic mass is 9.70. The molecule has 5 aromatic carbocycles. The van der Waals surface area contributed by atoms with Gasteiger partial charge in [-0.25, -0.2) is 0 Å². The first-order chi connectivity index (χ1) is 26.1. The van der Waals surface area contributed by atoms with Crippen molar-refractivity contribution in [3.63, 3.8) is 0 Å². The minimum atomic E-state index is -0.593. The van der Waals surface area contributed by atoms with E-state index >= 15 is 0 Å². The highest BCUT2D eigenvalue weighted by Gasteiger charge is 2.47. The van der Waals surface area contributed by atoms with E-state index in [2.05, 4.69) is 206 Å². The number of ether oxygens (including phenoxy) is 1. The smallest absolute Gasteiger partial charge is 0.129 e. The molecule has 2 aliphatic rings. The fraction of sp³-hybridized carbons (Fsp3) is 0.275. The second kappa shape index (κ2) is 13.3. The van der Waals surface area contributed by atoms with Crippen LogP contribution in [-0.2, 0) is 16.2 Å². The van der Waals surface area contributed by atoms with Crippen LogP contribution in [-0.4, -0.2) is 11.7 Å². The average Bonchev–Trinajstić information content (AvgIpc) is 3.74. The van der Waals surface area contributed by atoms with E-state index in [-0.39, 0.29) is 16.2 Å². The molecule has 4 heteroatoms. The van der Waals surface area contributed by atoms with Gasteiger partial charge in [-0.2, -0.15) is 0 Å². The molecule has 0 bridgehead atoms. The van der Waals surface area contributed by atoms with Gasteiger partial charge >= 0.3 is 0 Å². The fourth-order valence-corrected chi connectivity index (χ4v) is 8.33. The van der Waals surface area contributed by atoms with Gasteiger partial charge in [0, 0.05) is 40.9 Å². The van der Waals surface area contributed by atoms with Crippen LogP contribution in [0, 0.1) is 5.41 Å². The molecule has 0 amide bonds. The Morgan fingerprint density at radius 1 is 0.545 bits per heavy atom. The number of hydrogen-bond donors (Lipinski definition) is 0. The molecular formula is C51H53N3O. The molecule has 1 aliphatic carbocycles. The van der Waals surface area contributed by atoms with Crippen LogP contribution in [0.15, 0.2) is 152 Å². The van der Waals surface area contributed by atoms with Gasteiger partial charge in [0.15, 0.2) is 0 Å². The van der Waals surface area contributed by atoms with Gasteiger partial charge in [0.2, 0.25) is 0 Å². The Kier molecular flexibility index (Phi) is 8.80. The molecule has 8 rings (SSSR count). The van der Waals surface area contributed by atoms with Crippen LogP contribution in [0.25, 0.3) is 11.1 Å². The van der Waals surface area contributed by atoms with Crippen molar-refractivity contribution in [3.8, 4) is 22.6 Å². The Bertz CT molecular complexity index is 2340. The van der Waals surface area contributed by atoms with Gasteiger partial charge in [-0.1, -0.05) is 141 Å². The summed E-state index contributed by atoms with van der Waals surface area (Å²) >= 11 is 0. The summed E-state index contributed by atoms with van der Waals surface area (Å²) < 4.78 is 6.94. The van der Waals surface area contributed by atoms with Gasteiger partial charge < -0.3 is 14.5 Å². The quantitative estimate of drug-likeness (QED) is 0.171.